The van der Waals surface area contributed by atoms with E-state index in [-0.39, 0.29) is 17.5 Å². The third kappa shape index (κ3) is 8.35. The Labute approximate surface area is 497 Å². The Balaban J connectivity index is 1.06. The fraction of sp³-hybridized carbons (Fsp3) is 0.100. The molecule has 0 atom stereocenters. The molecule has 2 aliphatic heterocycles. The van der Waals surface area contributed by atoms with E-state index in [2.05, 4.69) is 312 Å². The molecule has 0 spiro atoms. The summed E-state index contributed by atoms with van der Waals surface area (Å²) in [6, 6.07) is 96.5. The van der Waals surface area contributed by atoms with E-state index in [9.17, 15) is 0 Å². The maximum atomic E-state index is 6.94. The van der Waals surface area contributed by atoms with Crippen molar-refractivity contribution < 1.29 is 8.83 Å². The summed E-state index contributed by atoms with van der Waals surface area (Å²) in [6.45, 7) is 13.8. The van der Waals surface area contributed by atoms with Crippen LogP contribution in [0.2, 0.25) is 0 Å². The van der Waals surface area contributed by atoms with E-state index in [1.165, 1.54) is 44.4 Å². The van der Waals surface area contributed by atoms with Crippen LogP contribution in [-0.4, -0.2) is 6.71 Å². The maximum Gasteiger partial charge on any atom is 0.252 e. The largest absolute Gasteiger partial charge is 0.456 e. The zero-order chi connectivity index (χ0) is 57.3. The first-order valence-corrected chi connectivity index (χ1v) is 29.7. The summed E-state index contributed by atoms with van der Waals surface area (Å²) >= 11 is 0. The minimum absolute atomic E-state index is 0.114. The van der Waals surface area contributed by atoms with Gasteiger partial charge in [0.05, 0.1) is 11.4 Å². The Hall–Kier alpha value is -10.1. The van der Waals surface area contributed by atoms with Gasteiger partial charge >= 0.3 is 0 Å². The molecule has 12 aromatic carbocycles. The minimum atomic E-state index is -0.250. The fourth-order valence-electron chi connectivity index (χ4n) is 13.6. The first kappa shape index (κ1) is 50.6. The number of anilines is 6. The van der Waals surface area contributed by atoms with Gasteiger partial charge in [-0.3, -0.25) is 0 Å². The average Bonchev–Trinajstić information content (AvgIpc) is 1.67. The Bertz CT molecular complexity index is 4690. The molecular weight excluding hydrogens is 1030 g/mol. The monoisotopic (exact) mass is 1090 g/mol. The maximum absolute atomic E-state index is 6.94. The summed E-state index contributed by atoms with van der Waals surface area (Å²) in [7, 11) is 0. The van der Waals surface area contributed by atoms with E-state index in [4.69, 9.17) is 8.83 Å². The van der Waals surface area contributed by atoms with Crippen LogP contribution in [0.15, 0.2) is 270 Å². The number of nitrogens with zero attached hydrogens (tertiary/aromatic N) is 2. The van der Waals surface area contributed by atoms with Gasteiger partial charge in [-0.15, -0.1) is 0 Å². The van der Waals surface area contributed by atoms with Crippen molar-refractivity contribution in [3.63, 3.8) is 0 Å². The number of hydrogen-bond donors (Lipinski definition) is 0. The molecule has 2 aliphatic rings. The van der Waals surface area contributed by atoms with Crippen LogP contribution in [0.1, 0.15) is 52.7 Å². The molecule has 5 heteroatoms. The highest BCUT2D eigenvalue weighted by atomic mass is 16.3. The lowest BCUT2D eigenvalue weighted by molar-refractivity contribution is 0.569. The normalized spacial score (nSPS) is 13.0. The topological polar surface area (TPSA) is 32.8 Å². The Morgan fingerprint density at radius 1 is 0.271 bits per heavy atom. The predicted molar refractivity (Wildman–Crippen MR) is 360 cm³/mol. The highest BCUT2D eigenvalue weighted by molar-refractivity contribution is 7.00. The van der Waals surface area contributed by atoms with E-state index in [0.717, 1.165) is 117 Å². The molecule has 0 saturated carbocycles. The summed E-state index contributed by atoms with van der Waals surface area (Å²) in [6.07, 6.45) is 0. The van der Waals surface area contributed by atoms with Gasteiger partial charge in [0.1, 0.15) is 22.3 Å². The second kappa shape index (κ2) is 19.2. The van der Waals surface area contributed by atoms with Gasteiger partial charge in [0.2, 0.25) is 0 Å². The summed E-state index contributed by atoms with van der Waals surface area (Å²) in [4.78, 5) is 5.19. The molecule has 0 unspecified atom stereocenters. The Morgan fingerprint density at radius 2 is 0.659 bits per heavy atom. The van der Waals surface area contributed by atoms with Crippen molar-refractivity contribution in [2.45, 2.75) is 52.4 Å². The first-order chi connectivity index (χ1) is 41.4. The van der Waals surface area contributed by atoms with E-state index in [1.807, 2.05) is 0 Å². The third-order valence-corrected chi connectivity index (χ3v) is 17.9. The SMILES string of the molecule is CC(C)(C)c1cc(-c2cc3c4c(c2)N(c2ccccc2-c2cccc(-c5ccccc5)c2)c2cc5c(cc2B4c2cc4oc6ccccc6c4cc2N3c2ccccc2-c2cccc(-c3ccccc3)c2)oc2ccccc25)cc(C(C)(C)C)c1. The zero-order valence-corrected chi connectivity index (χ0v) is 48.6. The van der Waals surface area contributed by atoms with Crippen LogP contribution in [0, 0.1) is 0 Å². The van der Waals surface area contributed by atoms with Gasteiger partial charge in [-0.2, -0.15) is 0 Å². The van der Waals surface area contributed by atoms with Gasteiger partial charge in [-0.25, -0.2) is 0 Å². The van der Waals surface area contributed by atoms with Crippen molar-refractivity contribution in [1.82, 2.24) is 0 Å². The highest BCUT2D eigenvalue weighted by Gasteiger charge is 2.45. The number of furan rings is 2. The molecule has 0 fully saturated rings. The van der Waals surface area contributed by atoms with E-state index in [1.54, 1.807) is 0 Å². The molecule has 14 aromatic rings. The lowest BCUT2D eigenvalue weighted by Gasteiger charge is -2.45. The molecule has 4 nitrogen and oxygen atoms in total. The second-order valence-corrected chi connectivity index (χ2v) is 25.3. The molecule has 0 radical (unpaired) electrons. The molecule has 4 heterocycles. The Morgan fingerprint density at radius 3 is 1.12 bits per heavy atom. The molecule has 406 valence electrons. The standard InChI is InChI=1S/C80H61BN2O2/c1-79(2,3)58-41-56(42-59(45-58)80(4,5)6)57-43-72-78-73(44-57)83(69-36-18-14-32-61(69)55-30-22-28-53(40-55)51-25-11-8-12-26-51)71-47-65-63-34-16-20-38-75(63)85-77(65)49-67(71)81(78)66-48-76-64(62-33-15-19-37-74(62)84-76)46-70(66)82(72)68-35-17-13-31-60(68)54-29-21-27-52(39-54)50-23-9-7-10-24-50/h7-49H,1-6H3. The van der Waals surface area contributed by atoms with Crippen molar-refractivity contribution in [2.75, 3.05) is 9.80 Å². The van der Waals surface area contributed by atoms with Crippen LogP contribution in [-0.2, 0) is 10.8 Å². The quantitative estimate of drug-likeness (QED) is 0.149. The van der Waals surface area contributed by atoms with E-state index >= 15 is 0 Å². The summed E-state index contributed by atoms with van der Waals surface area (Å²) in [5.74, 6) is 0. The second-order valence-electron chi connectivity index (χ2n) is 25.3. The van der Waals surface area contributed by atoms with E-state index in [0.29, 0.717) is 0 Å². The molecule has 85 heavy (non-hydrogen) atoms. The van der Waals surface area contributed by atoms with Crippen LogP contribution in [0.5, 0.6) is 0 Å². The number of benzene rings is 12. The molecule has 2 aromatic heterocycles. The predicted octanol–water partition coefficient (Wildman–Crippen LogP) is 20.5. The lowest BCUT2D eigenvalue weighted by Crippen LogP contribution is -2.61. The van der Waals surface area contributed by atoms with Gasteiger partial charge in [0.25, 0.3) is 6.71 Å². The van der Waals surface area contributed by atoms with Crippen molar-refractivity contribution >= 4 is 101 Å². The number of hydrogen-bond acceptors (Lipinski definition) is 4. The smallest absolute Gasteiger partial charge is 0.252 e. The lowest BCUT2D eigenvalue weighted by atomic mass is 9.33. The van der Waals surface area contributed by atoms with Crippen molar-refractivity contribution in [3.05, 3.63) is 272 Å². The van der Waals surface area contributed by atoms with Crippen LogP contribution in [0.4, 0.5) is 34.1 Å². The van der Waals surface area contributed by atoms with Gasteiger partial charge in [0, 0.05) is 55.4 Å². The summed E-state index contributed by atoms with van der Waals surface area (Å²) < 4.78 is 13.9. The number of para-hydroxylation sites is 4. The first-order valence-electron chi connectivity index (χ1n) is 29.7. The van der Waals surface area contributed by atoms with Gasteiger partial charge < -0.3 is 18.6 Å². The molecule has 0 saturated heterocycles. The molecular formula is C80H61BN2O2. The fourth-order valence-corrected chi connectivity index (χ4v) is 13.6. The van der Waals surface area contributed by atoms with Gasteiger partial charge in [-0.1, -0.05) is 230 Å². The number of rotatable bonds is 7. The van der Waals surface area contributed by atoms with Crippen LogP contribution < -0.4 is 26.2 Å². The zero-order valence-electron chi connectivity index (χ0n) is 48.6. The van der Waals surface area contributed by atoms with Crippen LogP contribution in [0.25, 0.3) is 99.5 Å². The summed E-state index contributed by atoms with van der Waals surface area (Å²) in [5.41, 5.74) is 27.5. The molecule has 0 aliphatic carbocycles. The molecule has 0 N–H and O–H groups in total. The van der Waals surface area contributed by atoms with Crippen molar-refractivity contribution in [1.29, 1.82) is 0 Å². The summed E-state index contributed by atoms with van der Waals surface area (Å²) in [5, 5.41) is 4.33. The highest BCUT2D eigenvalue weighted by Crippen LogP contribution is 2.52. The molecule has 16 rings (SSSR count). The average molecular weight is 1090 g/mol. The Kier molecular flexibility index (Phi) is 11.5. The van der Waals surface area contributed by atoms with Gasteiger partial charge in [0.15, 0.2) is 0 Å². The van der Waals surface area contributed by atoms with Crippen molar-refractivity contribution in [3.8, 4) is 55.6 Å². The van der Waals surface area contributed by atoms with Crippen molar-refractivity contribution in [2.24, 2.45) is 0 Å². The van der Waals surface area contributed by atoms with Gasteiger partial charge in [-0.05, 0) is 156 Å². The third-order valence-electron chi connectivity index (χ3n) is 17.9. The molecule has 0 amide bonds. The number of fused-ring (bicyclic) bond motifs is 10. The van der Waals surface area contributed by atoms with Crippen LogP contribution >= 0.6 is 0 Å². The van der Waals surface area contributed by atoms with E-state index < -0.39 is 0 Å². The minimum Gasteiger partial charge on any atom is -0.456 e. The molecule has 0 bridgehead atoms. The van der Waals surface area contributed by atoms with Crippen LogP contribution in [0.3, 0.4) is 0 Å².